The molecule has 94 valence electrons. The molecule has 0 aliphatic heterocycles. The van der Waals surface area contributed by atoms with E-state index in [2.05, 4.69) is 10.3 Å². The van der Waals surface area contributed by atoms with Crippen LogP contribution in [0.3, 0.4) is 0 Å². The lowest BCUT2D eigenvalue weighted by atomic mass is 10.3. The number of rotatable bonds is 6. The van der Waals surface area contributed by atoms with E-state index in [9.17, 15) is 8.42 Å². The quantitative estimate of drug-likeness (QED) is 0.489. The fourth-order valence-electron chi connectivity index (χ4n) is 1.15. The first-order chi connectivity index (χ1) is 7.88. The van der Waals surface area contributed by atoms with Gasteiger partial charge in [-0.25, -0.2) is 13.6 Å². The van der Waals surface area contributed by atoms with E-state index in [-0.39, 0.29) is 10.7 Å². The lowest BCUT2D eigenvalue weighted by Crippen LogP contribution is -2.18. The van der Waals surface area contributed by atoms with E-state index in [0.717, 1.165) is 5.69 Å². The Bertz CT molecular complexity index is 484. The van der Waals surface area contributed by atoms with Crippen molar-refractivity contribution in [3.63, 3.8) is 0 Å². The standard InChI is InChI=1S/C9H14N4O2S2/c10-9(16)8-3-2-7(6-13-8)12-4-1-5-17(11,14)15/h2-3,6,12H,1,4-5H2,(H2,10,16)(H2,11,14,15). The molecule has 0 fully saturated rings. The predicted octanol–water partition coefficient (Wildman–Crippen LogP) is -0.194. The van der Waals surface area contributed by atoms with Crippen LogP contribution in [0.2, 0.25) is 0 Å². The van der Waals surface area contributed by atoms with Crippen molar-refractivity contribution in [2.75, 3.05) is 17.6 Å². The van der Waals surface area contributed by atoms with Gasteiger partial charge in [-0.1, -0.05) is 12.2 Å². The van der Waals surface area contributed by atoms with Crippen LogP contribution in [-0.4, -0.2) is 30.7 Å². The molecule has 0 amide bonds. The van der Waals surface area contributed by atoms with Crippen molar-refractivity contribution < 1.29 is 8.42 Å². The van der Waals surface area contributed by atoms with E-state index in [0.29, 0.717) is 18.7 Å². The number of anilines is 1. The summed E-state index contributed by atoms with van der Waals surface area (Å²) in [6.07, 6.45) is 2.03. The highest BCUT2D eigenvalue weighted by Crippen LogP contribution is 2.06. The van der Waals surface area contributed by atoms with Crippen molar-refractivity contribution >= 4 is 32.9 Å². The third-order valence-corrected chi connectivity index (χ3v) is 3.02. The molecule has 0 aliphatic rings. The van der Waals surface area contributed by atoms with Gasteiger partial charge < -0.3 is 11.1 Å². The molecule has 0 unspecified atom stereocenters. The van der Waals surface area contributed by atoms with E-state index >= 15 is 0 Å². The topological polar surface area (TPSA) is 111 Å². The minimum Gasteiger partial charge on any atom is -0.388 e. The molecule has 0 saturated heterocycles. The van der Waals surface area contributed by atoms with E-state index < -0.39 is 10.0 Å². The van der Waals surface area contributed by atoms with Gasteiger partial charge in [0.1, 0.15) is 4.99 Å². The maximum atomic E-state index is 10.7. The summed E-state index contributed by atoms with van der Waals surface area (Å²) in [6.45, 7) is 0.504. The van der Waals surface area contributed by atoms with Crippen molar-refractivity contribution in [2.45, 2.75) is 6.42 Å². The number of hydrogen-bond donors (Lipinski definition) is 3. The second-order valence-electron chi connectivity index (χ2n) is 3.44. The van der Waals surface area contributed by atoms with Crippen LogP contribution in [0, 0.1) is 0 Å². The van der Waals surface area contributed by atoms with Crippen LogP contribution in [0.15, 0.2) is 18.3 Å². The molecule has 0 bridgehead atoms. The third-order valence-electron chi connectivity index (χ3n) is 1.95. The van der Waals surface area contributed by atoms with Gasteiger partial charge in [0.05, 0.1) is 23.3 Å². The van der Waals surface area contributed by atoms with E-state index in [4.69, 9.17) is 23.1 Å². The summed E-state index contributed by atoms with van der Waals surface area (Å²) in [7, 11) is -3.39. The highest BCUT2D eigenvalue weighted by atomic mass is 32.2. The Morgan fingerprint density at radius 3 is 2.65 bits per heavy atom. The van der Waals surface area contributed by atoms with Gasteiger partial charge in [0.2, 0.25) is 10.0 Å². The number of nitrogens with zero attached hydrogens (tertiary/aromatic N) is 1. The third kappa shape index (κ3) is 5.57. The number of hydrogen-bond acceptors (Lipinski definition) is 5. The summed E-state index contributed by atoms with van der Waals surface area (Å²) in [4.78, 5) is 4.28. The van der Waals surface area contributed by atoms with Crippen molar-refractivity contribution in [1.82, 2.24) is 4.98 Å². The van der Waals surface area contributed by atoms with E-state index in [1.807, 2.05) is 0 Å². The second-order valence-corrected chi connectivity index (χ2v) is 5.62. The fourth-order valence-corrected chi connectivity index (χ4v) is 1.82. The highest BCUT2D eigenvalue weighted by Gasteiger charge is 2.02. The highest BCUT2D eigenvalue weighted by molar-refractivity contribution is 7.89. The van der Waals surface area contributed by atoms with Gasteiger partial charge in [0.25, 0.3) is 0 Å². The molecule has 0 radical (unpaired) electrons. The Kier molecular flexibility index (Phi) is 4.79. The number of thiocarbonyl (C=S) groups is 1. The summed E-state index contributed by atoms with van der Waals surface area (Å²) in [5.41, 5.74) is 6.73. The van der Waals surface area contributed by atoms with E-state index in [1.54, 1.807) is 18.3 Å². The first-order valence-corrected chi connectivity index (χ1v) is 7.01. The minimum atomic E-state index is -3.39. The van der Waals surface area contributed by atoms with Crippen molar-refractivity contribution in [1.29, 1.82) is 0 Å². The van der Waals surface area contributed by atoms with Gasteiger partial charge in [-0.3, -0.25) is 4.98 Å². The second kappa shape index (κ2) is 5.89. The van der Waals surface area contributed by atoms with Gasteiger partial charge in [-0.15, -0.1) is 0 Å². The lowest BCUT2D eigenvalue weighted by Gasteiger charge is -2.05. The molecule has 0 aliphatic carbocycles. The molecule has 0 saturated carbocycles. The zero-order valence-corrected chi connectivity index (χ0v) is 10.7. The van der Waals surface area contributed by atoms with Crippen molar-refractivity contribution in [2.24, 2.45) is 10.9 Å². The molecule has 1 rings (SSSR count). The number of sulfonamides is 1. The van der Waals surface area contributed by atoms with Crippen LogP contribution in [0.1, 0.15) is 12.1 Å². The molecule has 6 nitrogen and oxygen atoms in total. The Hall–Kier alpha value is -1.25. The normalized spacial score (nSPS) is 11.1. The molecular weight excluding hydrogens is 260 g/mol. The molecule has 1 heterocycles. The Balaban J connectivity index is 2.40. The molecule has 5 N–H and O–H groups in total. The van der Waals surface area contributed by atoms with Crippen LogP contribution >= 0.6 is 12.2 Å². The lowest BCUT2D eigenvalue weighted by molar-refractivity contribution is 0.596. The van der Waals surface area contributed by atoms with Crippen molar-refractivity contribution in [3.8, 4) is 0 Å². The van der Waals surface area contributed by atoms with Crippen LogP contribution in [0.25, 0.3) is 0 Å². The molecule has 1 aromatic rings. The van der Waals surface area contributed by atoms with Crippen LogP contribution in [-0.2, 0) is 10.0 Å². The molecule has 17 heavy (non-hydrogen) atoms. The van der Waals surface area contributed by atoms with Gasteiger partial charge in [-0.2, -0.15) is 0 Å². The van der Waals surface area contributed by atoms with Crippen LogP contribution < -0.4 is 16.2 Å². The Morgan fingerprint density at radius 1 is 1.47 bits per heavy atom. The summed E-state index contributed by atoms with van der Waals surface area (Å²) in [5, 5.41) is 7.89. The van der Waals surface area contributed by atoms with Crippen LogP contribution in [0.5, 0.6) is 0 Å². The van der Waals surface area contributed by atoms with Gasteiger partial charge in [-0.05, 0) is 18.6 Å². The maximum absolute atomic E-state index is 10.7. The Morgan fingerprint density at radius 2 is 2.18 bits per heavy atom. The number of pyridine rings is 1. The monoisotopic (exact) mass is 274 g/mol. The van der Waals surface area contributed by atoms with Gasteiger partial charge in [0.15, 0.2) is 0 Å². The summed E-state index contributed by atoms with van der Waals surface area (Å²) < 4.78 is 21.3. The average Bonchev–Trinajstić information content (AvgIpc) is 2.24. The average molecular weight is 274 g/mol. The molecular formula is C9H14N4O2S2. The smallest absolute Gasteiger partial charge is 0.209 e. The minimum absolute atomic E-state index is 0.0433. The largest absolute Gasteiger partial charge is 0.388 e. The zero-order chi connectivity index (χ0) is 12.9. The molecule has 1 aromatic heterocycles. The summed E-state index contributed by atoms with van der Waals surface area (Å²) >= 11 is 4.77. The van der Waals surface area contributed by atoms with E-state index in [1.165, 1.54) is 0 Å². The molecule has 0 aromatic carbocycles. The first-order valence-electron chi connectivity index (χ1n) is 4.89. The SMILES string of the molecule is NC(=S)c1ccc(NCCCS(N)(=O)=O)cn1. The van der Waals surface area contributed by atoms with Crippen LogP contribution in [0.4, 0.5) is 5.69 Å². The Labute approximate surface area is 105 Å². The number of aromatic nitrogens is 1. The summed E-state index contributed by atoms with van der Waals surface area (Å²) in [6, 6.07) is 3.47. The number of nitrogens with two attached hydrogens (primary N) is 2. The molecule has 0 spiro atoms. The molecule has 8 heteroatoms. The maximum Gasteiger partial charge on any atom is 0.209 e. The number of primary sulfonamides is 1. The van der Waals surface area contributed by atoms with Gasteiger partial charge in [0, 0.05) is 6.54 Å². The fraction of sp³-hybridized carbons (Fsp3) is 0.333. The predicted molar refractivity (Wildman–Crippen MR) is 71.2 cm³/mol. The zero-order valence-electron chi connectivity index (χ0n) is 9.09. The molecule has 0 atom stereocenters. The van der Waals surface area contributed by atoms with Crippen molar-refractivity contribution in [3.05, 3.63) is 24.0 Å². The number of nitrogens with one attached hydrogen (secondary N) is 1. The van der Waals surface area contributed by atoms with Gasteiger partial charge >= 0.3 is 0 Å². The summed E-state index contributed by atoms with van der Waals surface area (Å²) in [5.74, 6) is -0.0433. The first kappa shape index (κ1) is 13.8.